The Balaban J connectivity index is 2.46. The number of carboxylic acids is 1. The predicted molar refractivity (Wildman–Crippen MR) is 60.8 cm³/mol. The standard InChI is InChI=1S/C12H23NO2/c1-8(2)7-11(12(14)15)13-10-6-4-5-9(10)3/h8-11,13H,4-7H2,1-3H3,(H,14,15). The Kier molecular flexibility index (Phi) is 4.58. The molecular formula is C12H23NO2. The summed E-state index contributed by atoms with van der Waals surface area (Å²) >= 11 is 0. The second-order valence-electron chi connectivity index (χ2n) is 5.20. The van der Waals surface area contributed by atoms with E-state index in [2.05, 4.69) is 26.1 Å². The van der Waals surface area contributed by atoms with Gasteiger partial charge < -0.3 is 10.4 Å². The summed E-state index contributed by atoms with van der Waals surface area (Å²) in [6.45, 7) is 6.34. The molecule has 2 N–H and O–H groups in total. The van der Waals surface area contributed by atoms with Gasteiger partial charge in [-0.1, -0.05) is 27.2 Å². The molecule has 3 atom stereocenters. The van der Waals surface area contributed by atoms with Crippen LogP contribution in [0.5, 0.6) is 0 Å². The van der Waals surface area contributed by atoms with E-state index in [0.717, 1.165) is 12.8 Å². The Morgan fingerprint density at radius 1 is 1.47 bits per heavy atom. The second kappa shape index (κ2) is 5.50. The van der Waals surface area contributed by atoms with Crippen molar-refractivity contribution in [3.05, 3.63) is 0 Å². The molecule has 0 aliphatic heterocycles. The Bertz CT molecular complexity index is 216. The van der Waals surface area contributed by atoms with Gasteiger partial charge in [0.15, 0.2) is 0 Å². The van der Waals surface area contributed by atoms with E-state index in [9.17, 15) is 4.79 Å². The minimum absolute atomic E-state index is 0.365. The van der Waals surface area contributed by atoms with Crippen LogP contribution < -0.4 is 5.32 Å². The van der Waals surface area contributed by atoms with E-state index in [1.807, 2.05) is 0 Å². The summed E-state index contributed by atoms with van der Waals surface area (Å²) < 4.78 is 0. The lowest BCUT2D eigenvalue weighted by molar-refractivity contribution is -0.140. The van der Waals surface area contributed by atoms with Crippen LogP contribution in [0.25, 0.3) is 0 Å². The molecule has 1 rings (SSSR count). The number of hydrogen-bond donors (Lipinski definition) is 2. The number of rotatable bonds is 5. The molecule has 1 fully saturated rings. The van der Waals surface area contributed by atoms with Gasteiger partial charge in [0.05, 0.1) is 0 Å². The van der Waals surface area contributed by atoms with Crippen molar-refractivity contribution in [2.45, 2.75) is 58.5 Å². The number of aliphatic carboxylic acids is 1. The smallest absolute Gasteiger partial charge is 0.320 e. The molecule has 0 aromatic rings. The number of carbonyl (C=O) groups is 1. The van der Waals surface area contributed by atoms with Gasteiger partial charge in [0.2, 0.25) is 0 Å². The van der Waals surface area contributed by atoms with Gasteiger partial charge in [0.1, 0.15) is 6.04 Å². The highest BCUT2D eigenvalue weighted by atomic mass is 16.4. The molecule has 0 amide bonds. The van der Waals surface area contributed by atoms with E-state index in [-0.39, 0.29) is 6.04 Å². The third kappa shape index (κ3) is 3.82. The largest absolute Gasteiger partial charge is 0.480 e. The van der Waals surface area contributed by atoms with Gasteiger partial charge in [-0.3, -0.25) is 4.79 Å². The average Bonchev–Trinajstić information content (AvgIpc) is 2.50. The van der Waals surface area contributed by atoms with E-state index in [4.69, 9.17) is 5.11 Å². The van der Waals surface area contributed by atoms with Crippen molar-refractivity contribution in [1.29, 1.82) is 0 Å². The van der Waals surface area contributed by atoms with Crippen LogP contribution in [0.2, 0.25) is 0 Å². The van der Waals surface area contributed by atoms with E-state index in [1.165, 1.54) is 12.8 Å². The van der Waals surface area contributed by atoms with Crippen molar-refractivity contribution in [2.75, 3.05) is 0 Å². The van der Waals surface area contributed by atoms with Crippen molar-refractivity contribution >= 4 is 5.97 Å². The van der Waals surface area contributed by atoms with Crippen LogP contribution in [0.1, 0.15) is 46.5 Å². The molecule has 0 saturated heterocycles. The van der Waals surface area contributed by atoms with Crippen molar-refractivity contribution < 1.29 is 9.90 Å². The fourth-order valence-corrected chi connectivity index (χ4v) is 2.36. The first kappa shape index (κ1) is 12.5. The van der Waals surface area contributed by atoms with Gasteiger partial charge >= 0.3 is 5.97 Å². The van der Waals surface area contributed by atoms with E-state index in [1.54, 1.807) is 0 Å². The average molecular weight is 213 g/mol. The van der Waals surface area contributed by atoms with Crippen LogP contribution >= 0.6 is 0 Å². The summed E-state index contributed by atoms with van der Waals surface area (Å²) in [4.78, 5) is 11.1. The molecule has 88 valence electrons. The monoisotopic (exact) mass is 213 g/mol. The Labute approximate surface area is 92.3 Å². The highest BCUT2D eigenvalue weighted by Crippen LogP contribution is 2.25. The highest BCUT2D eigenvalue weighted by molar-refractivity contribution is 5.73. The lowest BCUT2D eigenvalue weighted by Crippen LogP contribution is -2.45. The maximum atomic E-state index is 11.1. The molecule has 3 heteroatoms. The first-order valence-electron chi connectivity index (χ1n) is 5.99. The van der Waals surface area contributed by atoms with Gasteiger partial charge in [0, 0.05) is 6.04 Å². The molecule has 1 saturated carbocycles. The number of nitrogens with one attached hydrogen (secondary N) is 1. The lowest BCUT2D eigenvalue weighted by Gasteiger charge is -2.23. The summed E-state index contributed by atoms with van der Waals surface area (Å²) in [5.41, 5.74) is 0. The first-order valence-corrected chi connectivity index (χ1v) is 5.99. The van der Waals surface area contributed by atoms with Crippen LogP contribution in [0.15, 0.2) is 0 Å². The minimum atomic E-state index is -0.706. The third-order valence-corrected chi connectivity index (χ3v) is 3.28. The summed E-state index contributed by atoms with van der Waals surface area (Å²) in [5, 5.41) is 12.4. The van der Waals surface area contributed by atoms with E-state index in [0.29, 0.717) is 17.9 Å². The molecule has 3 nitrogen and oxygen atoms in total. The molecule has 0 bridgehead atoms. The highest BCUT2D eigenvalue weighted by Gasteiger charge is 2.28. The van der Waals surface area contributed by atoms with Crippen LogP contribution in [0.4, 0.5) is 0 Å². The molecule has 1 aliphatic rings. The molecule has 0 aromatic heterocycles. The number of hydrogen-bond acceptors (Lipinski definition) is 2. The lowest BCUT2D eigenvalue weighted by atomic mass is 10.0. The van der Waals surface area contributed by atoms with Crippen LogP contribution in [-0.2, 0) is 4.79 Å². The zero-order chi connectivity index (χ0) is 11.4. The SMILES string of the molecule is CC(C)CC(NC1CCCC1C)C(=O)O. The van der Waals surface area contributed by atoms with E-state index < -0.39 is 5.97 Å². The van der Waals surface area contributed by atoms with Crippen molar-refractivity contribution in [1.82, 2.24) is 5.32 Å². The summed E-state index contributed by atoms with van der Waals surface area (Å²) in [7, 11) is 0. The molecule has 1 aliphatic carbocycles. The van der Waals surface area contributed by atoms with Gasteiger partial charge in [0.25, 0.3) is 0 Å². The molecule has 3 unspecified atom stereocenters. The minimum Gasteiger partial charge on any atom is -0.480 e. The Morgan fingerprint density at radius 2 is 2.13 bits per heavy atom. The van der Waals surface area contributed by atoms with Crippen LogP contribution in [-0.4, -0.2) is 23.2 Å². The summed E-state index contributed by atoms with van der Waals surface area (Å²) in [6.07, 6.45) is 4.31. The fraction of sp³-hybridized carbons (Fsp3) is 0.917. The fourth-order valence-electron chi connectivity index (χ4n) is 2.36. The number of carboxylic acid groups (broad SMARTS) is 1. The molecule has 15 heavy (non-hydrogen) atoms. The van der Waals surface area contributed by atoms with Crippen molar-refractivity contribution in [3.8, 4) is 0 Å². The zero-order valence-corrected chi connectivity index (χ0v) is 9.99. The van der Waals surface area contributed by atoms with Gasteiger partial charge in [-0.15, -0.1) is 0 Å². The first-order chi connectivity index (χ1) is 7.00. The Hall–Kier alpha value is -0.570. The molecular weight excluding hydrogens is 190 g/mol. The molecule has 0 spiro atoms. The van der Waals surface area contributed by atoms with Gasteiger partial charge in [-0.25, -0.2) is 0 Å². The van der Waals surface area contributed by atoms with Crippen molar-refractivity contribution in [2.24, 2.45) is 11.8 Å². The zero-order valence-electron chi connectivity index (χ0n) is 9.99. The van der Waals surface area contributed by atoms with Crippen molar-refractivity contribution in [3.63, 3.8) is 0 Å². The summed E-state index contributed by atoms with van der Waals surface area (Å²) in [5.74, 6) is 0.345. The maximum Gasteiger partial charge on any atom is 0.320 e. The topological polar surface area (TPSA) is 49.3 Å². The molecule has 0 heterocycles. The van der Waals surface area contributed by atoms with Crippen LogP contribution in [0, 0.1) is 11.8 Å². The predicted octanol–water partition coefficient (Wildman–Crippen LogP) is 2.26. The van der Waals surface area contributed by atoms with Crippen LogP contribution in [0.3, 0.4) is 0 Å². The quantitative estimate of drug-likeness (QED) is 0.736. The maximum absolute atomic E-state index is 11.1. The molecule has 0 radical (unpaired) electrons. The normalized spacial score (nSPS) is 28.3. The second-order valence-corrected chi connectivity index (χ2v) is 5.20. The Morgan fingerprint density at radius 3 is 2.53 bits per heavy atom. The van der Waals surface area contributed by atoms with E-state index >= 15 is 0 Å². The van der Waals surface area contributed by atoms with Gasteiger partial charge in [-0.05, 0) is 31.1 Å². The van der Waals surface area contributed by atoms with Gasteiger partial charge in [-0.2, -0.15) is 0 Å². The third-order valence-electron chi connectivity index (χ3n) is 3.28. The summed E-state index contributed by atoms with van der Waals surface area (Å²) in [6, 6.07) is 0.0420. The molecule has 0 aromatic carbocycles.